The molecule has 4 N–H and O–H groups in total. The van der Waals surface area contributed by atoms with Gasteiger partial charge in [0.05, 0.1) is 16.8 Å². The summed E-state index contributed by atoms with van der Waals surface area (Å²) in [4.78, 5) is 38.3. The van der Waals surface area contributed by atoms with Crippen LogP contribution >= 0.6 is 0 Å². The van der Waals surface area contributed by atoms with Crippen LogP contribution in [0.15, 0.2) is 36.7 Å². The number of hydrogen-bond donors (Lipinski definition) is 3. The van der Waals surface area contributed by atoms with Crippen molar-refractivity contribution in [2.45, 2.75) is 13.8 Å². The number of aromatic nitrogens is 2. The second-order valence-corrected chi connectivity index (χ2v) is 4.50. The zero-order valence-corrected chi connectivity index (χ0v) is 15.9. The molecule has 0 unspecified atom stereocenters. The van der Waals surface area contributed by atoms with E-state index in [-0.39, 0.29) is 45.4 Å². The third-order valence-electron chi connectivity index (χ3n) is 2.35. The number of nitrogens with two attached hydrogens (primary N) is 1. The summed E-state index contributed by atoms with van der Waals surface area (Å²) < 4.78 is 0. The van der Waals surface area contributed by atoms with Crippen molar-refractivity contribution in [3.8, 4) is 0 Å². The van der Waals surface area contributed by atoms with Crippen LogP contribution in [0, 0.1) is 17.5 Å². The number of carbonyl (C=O) groups excluding carboxylic acids is 2. The molecule has 144 valence electrons. The molecule has 2 amide bonds. The fourth-order valence-electron chi connectivity index (χ4n) is 1.41. The molecular formula is C15H19N6O4Pd-. The van der Waals surface area contributed by atoms with E-state index in [9.17, 15) is 19.7 Å². The first kappa shape index (κ1) is 25.3. The Morgan fingerprint density at radius 2 is 1.46 bits per heavy atom. The molecule has 0 bridgehead atoms. The van der Waals surface area contributed by atoms with Gasteiger partial charge in [0.1, 0.15) is 17.8 Å². The first-order valence-corrected chi connectivity index (χ1v) is 6.65. The quantitative estimate of drug-likeness (QED) is 0.278. The molecule has 0 atom stereocenters. The van der Waals surface area contributed by atoms with Gasteiger partial charge in [0.15, 0.2) is 0 Å². The van der Waals surface area contributed by atoms with Gasteiger partial charge in [-0.2, -0.15) is 0 Å². The van der Waals surface area contributed by atoms with Crippen LogP contribution in [0.25, 0.3) is 0 Å². The summed E-state index contributed by atoms with van der Waals surface area (Å²) >= 11 is 0. The second kappa shape index (κ2) is 12.5. The van der Waals surface area contributed by atoms with Gasteiger partial charge in [-0.3, -0.25) is 19.7 Å². The van der Waals surface area contributed by atoms with E-state index in [2.05, 4.69) is 20.6 Å². The average Bonchev–Trinajstić information content (AvgIpc) is 2.50. The Labute approximate surface area is 164 Å². The molecule has 0 saturated carbocycles. The summed E-state index contributed by atoms with van der Waals surface area (Å²) in [5.74, 6) is 0.424. The summed E-state index contributed by atoms with van der Waals surface area (Å²) in [7, 11) is 0. The van der Waals surface area contributed by atoms with Crippen molar-refractivity contribution in [3.63, 3.8) is 0 Å². The summed E-state index contributed by atoms with van der Waals surface area (Å²) in [6, 6.07) is 5.98. The van der Waals surface area contributed by atoms with Gasteiger partial charge in [-0.05, 0) is 18.2 Å². The van der Waals surface area contributed by atoms with E-state index in [4.69, 9.17) is 5.73 Å². The molecule has 2 aromatic heterocycles. The van der Waals surface area contributed by atoms with Crippen LogP contribution in [-0.4, -0.2) is 26.7 Å². The number of anilines is 3. The second-order valence-electron chi connectivity index (χ2n) is 4.50. The summed E-state index contributed by atoms with van der Waals surface area (Å²) in [6.45, 7) is 2.77. The van der Waals surface area contributed by atoms with E-state index in [0.29, 0.717) is 17.3 Å². The molecule has 2 heterocycles. The number of amides is 2. The number of pyridine rings is 2. The minimum atomic E-state index is -0.551. The van der Waals surface area contributed by atoms with E-state index in [1.54, 1.807) is 12.1 Å². The van der Waals surface area contributed by atoms with Crippen LogP contribution < -0.4 is 16.4 Å². The molecule has 0 aromatic carbocycles. The van der Waals surface area contributed by atoms with Gasteiger partial charge in [0.25, 0.3) is 5.69 Å². The van der Waals surface area contributed by atoms with Crippen LogP contribution in [0.2, 0.25) is 0 Å². The van der Waals surface area contributed by atoms with Crippen LogP contribution in [0.3, 0.4) is 0 Å². The van der Waals surface area contributed by atoms with E-state index in [0.717, 1.165) is 6.20 Å². The minimum Gasteiger partial charge on any atom is -0.397 e. The third-order valence-corrected chi connectivity index (χ3v) is 2.35. The van der Waals surface area contributed by atoms with Crippen molar-refractivity contribution in [3.05, 3.63) is 54.2 Å². The van der Waals surface area contributed by atoms with Crippen LogP contribution in [0.1, 0.15) is 13.8 Å². The van der Waals surface area contributed by atoms with Gasteiger partial charge in [0.2, 0.25) is 11.8 Å². The standard InChI is InChI=1S/C7H7N3O3.C7H9N3O.CH3.Pd/c1-5(11)9-7-3-2-6(4-8-7)10(12)13;1-5(11)10-7-3-2-6(8)4-9-7;;/h2-4H,1H3,(H,8,9,11);2-4H,8H2,1H3,(H,9,10,11);1H3;/q;;-1;. The molecule has 0 spiro atoms. The smallest absolute Gasteiger partial charge is 0.287 e. The fourth-order valence-corrected chi connectivity index (χ4v) is 1.41. The maximum absolute atomic E-state index is 10.5. The molecule has 26 heavy (non-hydrogen) atoms. The van der Waals surface area contributed by atoms with Crippen molar-refractivity contribution in [2.75, 3.05) is 16.4 Å². The van der Waals surface area contributed by atoms with Gasteiger partial charge < -0.3 is 23.8 Å². The molecule has 2 rings (SSSR count). The predicted octanol–water partition coefficient (Wildman–Crippen LogP) is 2.02. The first-order chi connectivity index (χ1) is 11.3. The van der Waals surface area contributed by atoms with Crippen LogP contribution in [-0.2, 0) is 30.0 Å². The first-order valence-electron chi connectivity index (χ1n) is 6.65. The van der Waals surface area contributed by atoms with Crippen molar-refractivity contribution < 1.29 is 34.9 Å². The van der Waals surface area contributed by atoms with Gasteiger partial charge in [-0.15, -0.1) is 0 Å². The molecule has 0 saturated heterocycles. The fraction of sp³-hybridized carbons (Fsp3) is 0.133. The topological polar surface area (TPSA) is 153 Å². The summed E-state index contributed by atoms with van der Waals surface area (Å²) in [6.07, 6.45) is 2.58. The SMILES string of the molecule is CC(=O)Nc1ccc(N)cn1.CC(=O)Nc1ccc([N+](=O)[O-])cn1.[CH3-].[Pd]. The van der Waals surface area contributed by atoms with Crippen molar-refractivity contribution in [1.29, 1.82) is 0 Å². The number of nitrogens with zero attached hydrogens (tertiary/aromatic N) is 3. The van der Waals surface area contributed by atoms with Crippen LogP contribution in [0.4, 0.5) is 23.0 Å². The largest absolute Gasteiger partial charge is 0.397 e. The summed E-state index contributed by atoms with van der Waals surface area (Å²) in [5.41, 5.74) is 5.86. The van der Waals surface area contributed by atoms with E-state index in [1.165, 1.54) is 32.2 Å². The van der Waals surface area contributed by atoms with E-state index < -0.39 is 4.92 Å². The Kier molecular flexibility index (Phi) is 12.1. The molecule has 0 fully saturated rings. The number of carbonyl (C=O) groups is 2. The van der Waals surface area contributed by atoms with Crippen molar-refractivity contribution in [2.24, 2.45) is 0 Å². The Morgan fingerprint density at radius 3 is 1.77 bits per heavy atom. The minimum absolute atomic E-state index is 0. The Balaban J connectivity index is 0. The van der Waals surface area contributed by atoms with Gasteiger partial charge in [-0.25, -0.2) is 9.97 Å². The number of nitrogen functional groups attached to an aromatic ring is 1. The molecule has 0 aliphatic rings. The zero-order chi connectivity index (χ0) is 18.1. The molecule has 2 aromatic rings. The van der Waals surface area contributed by atoms with E-state index in [1.807, 2.05) is 0 Å². The number of hydrogen-bond acceptors (Lipinski definition) is 7. The van der Waals surface area contributed by atoms with Gasteiger partial charge in [0, 0.05) is 40.3 Å². The average molecular weight is 454 g/mol. The third kappa shape index (κ3) is 10.1. The van der Waals surface area contributed by atoms with Crippen molar-refractivity contribution >= 4 is 34.8 Å². The molecule has 0 aliphatic heterocycles. The molecule has 10 nitrogen and oxygen atoms in total. The zero-order valence-electron chi connectivity index (χ0n) is 14.3. The molecule has 0 aliphatic carbocycles. The molecular weight excluding hydrogens is 435 g/mol. The number of nitro groups is 1. The predicted molar refractivity (Wildman–Crippen MR) is 94.6 cm³/mol. The van der Waals surface area contributed by atoms with Gasteiger partial charge in [-0.1, -0.05) is 0 Å². The monoisotopic (exact) mass is 453 g/mol. The maximum Gasteiger partial charge on any atom is 0.287 e. The molecule has 11 heteroatoms. The summed E-state index contributed by atoms with van der Waals surface area (Å²) in [5, 5.41) is 15.1. The van der Waals surface area contributed by atoms with Crippen LogP contribution in [0.5, 0.6) is 0 Å². The molecule has 0 radical (unpaired) electrons. The Morgan fingerprint density at radius 1 is 1.00 bits per heavy atom. The number of rotatable bonds is 3. The van der Waals surface area contributed by atoms with E-state index >= 15 is 0 Å². The Hall–Kier alpha value is -2.90. The number of nitrogens with one attached hydrogen (secondary N) is 2. The Bertz CT molecular complexity index is 722. The maximum atomic E-state index is 10.5. The normalized spacial score (nSPS) is 8.54. The van der Waals surface area contributed by atoms with Crippen molar-refractivity contribution in [1.82, 2.24) is 9.97 Å². The van der Waals surface area contributed by atoms with Gasteiger partial charge >= 0.3 is 0 Å².